The zero-order valence-corrected chi connectivity index (χ0v) is 11.2. The zero-order chi connectivity index (χ0) is 13.4. The van der Waals surface area contributed by atoms with Crippen molar-refractivity contribution in [1.82, 2.24) is 4.90 Å². The van der Waals surface area contributed by atoms with E-state index >= 15 is 0 Å². The second kappa shape index (κ2) is 8.01. The summed E-state index contributed by atoms with van der Waals surface area (Å²) in [6.45, 7) is 7.03. The van der Waals surface area contributed by atoms with Crippen LogP contribution < -0.4 is 0 Å². The maximum Gasteiger partial charge on any atom is 0.255 e. The van der Waals surface area contributed by atoms with Gasteiger partial charge < -0.3 is 5.11 Å². The second-order valence-corrected chi connectivity index (χ2v) is 4.29. The number of allylic oxidation sites excluding steroid dienone is 1. The average Bonchev–Trinajstić information content (AvgIpc) is 2.26. The predicted molar refractivity (Wildman–Crippen MR) is 67.4 cm³/mol. The lowest BCUT2D eigenvalue weighted by atomic mass is 10.1. The van der Waals surface area contributed by atoms with Gasteiger partial charge in [-0.25, -0.2) is 0 Å². The first-order chi connectivity index (χ1) is 7.90. The first kappa shape index (κ1) is 15.8. The number of hydrogen-bond donors (Lipinski definition) is 1. The van der Waals surface area contributed by atoms with Crippen LogP contribution in [-0.4, -0.2) is 34.5 Å². The van der Waals surface area contributed by atoms with Gasteiger partial charge in [-0.1, -0.05) is 6.08 Å². The number of imide groups is 1. The largest absolute Gasteiger partial charge is 0.393 e. The third-order valence-electron chi connectivity index (χ3n) is 2.65. The summed E-state index contributed by atoms with van der Waals surface area (Å²) < 4.78 is 0. The maximum absolute atomic E-state index is 11.8. The van der Waals surface area contributed by atoms with Crippen LogP contribution in [0.2, 0.25) is 0 Å². The Labute approximate surface area is 103 Å². The molecule has 0 aromatic carbocycles. The van der Waals surface area contributed by atoms with Crippen LogP contribution in [0.25, 0.3) is 0 Å². The minimum Gasteiger partial charge on any atom is -0.393 e. The molecule has 0 aromatic rings. The van der Waals surface area contributed by atoms with E-state index in [-0.39, 0.29) is 17.9 Å². The summed E-state index contributed by atoms with van der Waals surface area (Å²) >= 11 is 0. The molecule has 0 rings (SSSR count). The van der Waals surface area contributed by atoms with Crippen molar-refractivity contribution in [3.63, 3.8) is 0 Å². The SMILES string of the molecule is C/C=C(/C)C(=O)N(CCCCC(C)O)C(C)=O. The molecule has 17 heavy (non-hydrogen) atoms. The molecule has 98 valence electrons. The summed E-state index contributed by atoms with van der Waals surface area (Å²) in [7, 11) is 0. The van der Waals surface area contributed by atoms with Crippen LogP contribution >= 0.6 is 0 Å². The van der Waals surface area contributed by atoms with Gasteiger partial charge in [-0.2, -0.15) is 0 Å². The third-order valence-corrected chi connectivity index (χ3v) is 2.65. The Morgan fingerprint density at radius 1 is 1.29 bits per heavy atom. The van der Waals surface area contributed by atoms with E-state index in [1.807, 2.05) is 0 Å². The molecule has 0 aliphatic heterocycles. The van der Waals surface area contributed by atoms with Gasteiger partial charge in [0.05, 0.1) is 6.10 Å². The Bertz CT molecular complexity index is 295. The van der Waals surface area contributed by atoms with Gasteiger partial charge in [-0.05, 0) is 40.0 Å². The van der Waals surface area contributed by atoms with E-state index in [1.54, 1.807) is 26.8 Å². The molecule has 4 nitrogen and oxygen atoms in total. The monoisotopic (exact) mass is 241 g/mol. The molecule has 1 N–H and O–H groups in total. The molecule has 1 unspecified atom stereocenters. The van der Waals surface area contributed by atoms with E-state index in [1.165, 1.54) is 11.8 Å². The fourth-order valence-electron chi connectivity index (χ4n) is 1.45. The van der Waals surface area contributed by atoms with Gasteiger partial charge in [0.25, 0.3) is 5.91 Å². The summed E-state index contributed by atoms with van der Waals surface area (Å²) in [6, 6.07) is 0. The standard InChI is InChI=1S/C13H23NO3/c1-5-10(2)13(17)14(12(4)16)9-7-6-8-11(3)15/h5,11,15H,6-9H2,1-4H3/b10-5-. The summed E-state index contributed by atoms with van der Waals surface area (Å²) in [5.41, 5.74) is 0.579. The molecule has 4 heteroatoms. The van der Waals surface area contributed by atoms with Gasteiger partial charge in [-0.15, -0.1) is 0 Å². The summed E-state index contributed by atoms with van der Waals surface area (Å²) in [5.74, 6) is -0.453. The third kappa shape index (κ3) is 6.22. The van der Waals surface area contributed by atoms with Gasteiger partial charge in [0.1, 0.15) is 0 Å². The first-order valence-corrected chi connectivity index (χ1v) is 6.03. The van der Waals surface area contributed by atoms with Crippen molar-refractivity contribution in [2.75, 3.05) is 6.54 Å². The summed E-state index contributed by atoms with van der Waals surface area (Å²) in [5, 5.41) is 9.11. The fourth-order valence-corrected chi connectivity index (χ4v) is 1.45. The van der Waals surface area contributed by atoms with Gasteiger partial charge in [0.2, 0.25) is 5.91 Å². The Balaban J connectivity index is 4.27. The molecular weight excluding hydrogens is 218 g/mol. The molecule has 0 spiro atoms. The van der Waals surface area contributed by atoms with Gasteiger partial charge in [-0.3, -0.25) is 14.5 Å². The van der Waals surface area contributed by atoms with E-state index in [2.05, 4.69) is 0 Å². The number of unbranched alkanes of at least 4 members (excludes halogenated alkanes) is 1. The van der Waals surface area contributed by atoms with Crippen molar-refractivity contribution in [2.45, 2.75) is 53.1 Å². The van der Waals surface area contributed by atoms with Crippen molar-refractivity contribution in [3.8, 4) is 0 Å². The highest BCUT2D eigenvalue weighted by atomic mass is 16.3. The Hall–Kier alpha value is -1.16. The number of carbonyl (C=O) groups is 2. The molecule has 2 amide bonds. The number of nitrogens with zero attached hydrogens (tertiary/aromatic N) is 1. The van der Waals surface area contributed by atoms with Gasteiger partial charge >= 0.3 is 0 Å². The van der Waals surface area contributed by atoms with Crippen molar-refractivity contribution < 1.29 is 14.7 Å². The summed E-state index contributed by atoms with van der Waals surface area (Å²) in [4.78, 5) is 24.5. The first-order valence-electron chi connectivity index (χ1n) is 6.03. The molecule has 0 aliphatic carbocycles. The second-order valence-electron chi connectivity index (χ2n) is 4.29. The van der Waals surface area contributed by atoms with Crippen LogP contribution in [0.3, 0.4) is 0 Å². The highest BCUT2D eigenvalue weighted by molar-refractivity contribution is 6.03. The number of amides is 2. The minimum atomic E-state index is -0.325. The van der Waals surface area contributed by atoms with Crippen LogP contribution in [0.4, 0.5) is 0 Å². The van der Waals surface area contributed by atoms with Crippen LogP contribution in [0.15, 0.2) is 11.6 Å². The highest BCUT2D eigenvalue weighted by Gasteiger charge is 2.18. The molecule has 0 bridgehead atoms. The van der Waals surface area contributed by atoms with E-state index in [0.717, 1.165) is 12.8 Å². The molecular formula is C13H23NO3. The van der Waals surface area contributed by atoms with E-state index in [4.69, 9.17) is 5.11 Å². The topological polar surface area (TPSA) is 57.6 Å². The highest BCUT2D eigenvalue weighted by Crippen LogP contribution is 2.06. The number of rotatable bonds is 6. The quantitative estimate of drug-likeness (QED) is 0.570. The molecule has 0 saturated heterocycles. The molecule has 0 aliphatic rings. The molecule has 0 radical (unpaired) electrons. The number of carbonyl (C=O) groups excluding carboxylic acids is 2. The van der Waals surface area contributed by atoms with E-state index in [9.17, 15) is 9.59 Å². The van der Waals surface area contributed by atoms with Crippen LogP contribution in [0, 0.1) is 0 Å². The Kier molecular flexibility index (Phi) is 7.46. The van der Waals surface area contributed by atoms with Crippen molar-refractivity contribution >= 4 is 11.8 Å². The summed E-state index contributed by atoms with van der Waals surface area (Å²) in [6.07, 6.45) is 3.61. The Morgan fingerprint density at radius 2 is 1.88 bits per heavy atom. The van der Waals surface area contributed by atoms with Gasteiger partial charge in [0, 0.05) is 19.0 Å². The average molecular weight is 241 g/mol. The minimum absolute atomic E-state index is 0.225. The molecule has 0 saturated carbocycles. The van der Waals surface area contributed by atoms with Crippen LogP contribution in [-0.2, 0) is 9.59 Å². The normalized spacial score (nSPS) is 13.4. The molecule has 0 fully saturated rings. The maximum atomic E-state index is 11.8. The Morgan fingerprint density at radius 3 is 2.29 bits per heavy atom. The van der Waals surface area contributed by atoms with E-state index < -0.39 is 0 Å². The van der Waals surface area contributed by atoms with Crippen molar-refractivity contribution in [3.05, 3.63) is 11.6 Å². The van der Waals surface area contributed by atoms with Crippen LogP contribution in [0.1, 0.15) is 47.0 Å². The number of aliphatic hydroxyl groups is 1. The molecule has 0 heterocycles. The molecule has 0 aromatic heterocycles. The van der Waals surface area contributed by atoms with Crippen LogP contribution in [0.5, 0.6) is 0 Å². The predicted octanol–water partition coefficient (Wildman–Crippen LogP) is 1.88. The molecule has 1 atom stereocenters. The lowest BCUT2D eigenvalue weighted by molar-refractivity contribution is -0.141. The van der Waals surface area contributed by atoms with Crippen molar-refractivity contribution in [2.24, 2.45) is 0 Å². The number of hydrogen-bond acceptors (Lipinski definition) is 3. The lowest BCUT2D eigenvalue weighted by Gasteiger charge is -2.19. The zero-order valence-electron chi connectivity index (χ0n) is 11.2. The fraction of sp³-hybridized carbons (Fsp3) is 0.692. The lowest BCUT2D eigenvalue weighted by Crippen LogP contribution is -2.36. The number of aliphatic hydroxyl groups excluding tert-OH is 1. The van der Waals surface area contributed by atoms with Gasteiger partial charge in [0.15, 0.2) is 0 Å². The van der Waals surface area contributed by atoms with E-state index in [0.29, 0.717) is 18.5 Å². The smallest absolute Gasteiger partial charge is 0.255 e. The van der Waals surface area contributed by atoms with Crippen molar-refractivity contribution in [1.29, 1.82) is 0 Å².